The molecule has 2 N–H and O–H groups in total. The minimum absolute atomic E-state index is 0.148. The van der Waals surface area contributed by atoms with Gasteiger partial charge in [-0.1, -0.05) is 13.0 Å². The summed E-state index contributed by atoms with van der Waals surface area (Å²) in [4.78, 5) is 8.89. The number of aryl methyl sites for hydroxylation is 1. The lowest BCUT2D eigenvalue weighted by Crippen LogP contribution is -2.00. The molecule has 102 valence electrons. The van der Waals surface area contributed by atoms with Gasteiger partial charge in [0.1, 0.15) is 11.3 Å². The summed E-state index contributed by atoms with van der Waals surface area (Å²) in [7, 11) is 0. The van der Waals surface area contributed by atoms with Gasteiger partial charge in [-0.25, -0.2) is 9.97 Å². The molecular weight excluding hydrogens is 254 g/mol. The fourth-order valence-corrected chi connectivity index (χ4v) is 2.31. The predicted molar refractivity (Wildman–Crippen MR) is 76.6 cm³/mol. The number of hydrogen-bond donors (Lipinski definition) is 2. The molecule has 0 atom stereocenters. The van der Waals surface area contributed by atoms with E-state index in [9.17, 15) is 10.2 Å². The lowest BCUT2D eigenvalue weighted by Gasteiger charge is -2.09. The molecule has 3 aromatic rings. The Hall–Kier alpha value is -2.56. The maximum Gasteiger partial charge on any atom is 0.168 e. The first kappa shape index (κ1) is 12.5. The molecule has 0 saturated heterocycles. The number of phenolic OH excluding ortho intramolecular Hbond substituents is 2. The van der Waals surface area contributed by atoms with Gasteiger partial charge in [0.25, 0.3) is 0 Å². The van der Waals surface area contributed by atoms with Crippen LogP contribution < -0.4 is 0 Å². The Morgan fingerprint density at radius 2 is 2.00 bits per heavy atom. The fraction of sp³-hybridized carbons (Fsp3) is 0.200. The first-order chi connectivity index (χ1) is 9.72. The van der Waals surface area contributed by atoms with Gasteiger partial charge in [0, 0.05) is 12.7 Å². The SMILES string of the molecule is CCCn1c(-c2cccc(O)c2O)nc2cccnc21. The second-order valence-electron chi connectivity index (χ2n) is 4.61. The van der Waals surface area contributed by atoms with Crippen molar-refractivity contribution in [2.24, 2.45) is 0 Å². The highest BCUT2D eigenvalue weighted by atomic mass is 16.3. The highest BCUT2D eigenvalue weighted by Gasteiger charge is 2.17. The summed E-state index contributed by atoms with van der Waals surface area (Å²) in [6.07, 6.45) is 2.65. The topological polar surface area (TPSA) is 71.2 Å². The molecule has 2 aromatic heterocycles. The van der Waals surface area contributed by atoms with Crippen LogP contribution in [-0.4, -0.2) is 24.7 Å². The van der Waals surface area contributed by atoms with Crippen molar-refractivity contribution in [3.8, 4) is 22.9 Å². The molecule has 0 aliphatic heterocycles. The molecule has 0 aliphatic carbocycles. The van der Waals surface area contributed by atoms with E-state index in [0.29, 0.717) is 11.4 Å². The standard InChI is InChI=1S/C15H15N3O2/c1-2-9-18-14(10-5-3-7-12(19)13(10)20)17-11-6-4-8-16-15(11)18/h3-8,19-20H,2,9H2,1H3. The van der Waals surface area contributed by atoms with Gasteiger partial charge in [-0.05, 0) is 30.7 Å². The Kier molecular flexibility index (Phi) is 3.02. The molecular formula is C15H15N3O2. The third kappa shape index (κ3) is 1.87. The number of aromatic hydroxyl groups is 2. The van der Waals surface area contributed by atoms with Crippen LogP contribution in [-0.2, 0) is 6.54 Å². The molecule has 20 heavy (non-hydrogen) atoms. The van der Waals surface area contributed by atoms with E-state index in [1.54, 1.807) is 18.3 Å². The summed E-state index contributed by atoms with van der Waals surface area (Å²) in [5.41, 5.74) is 2.07. The number of aromatic nitrogens is 3. The Labute approximate surface area is 116 Å². The van der Waals surface area contributed by atoms with Crippen LogP contribution in [0.25, 0.3) is 22.6 Å². The Morgan fingerprint density at radius 1 is 1.15 bits per heavy atom. The van der Waals surface area contributed by atoms with Crippen molar-refractivity contribution in [3.05, 3.63) is 36.5 Å². The van der Waals surface area contributed by atoms with E-state index in [2.05, 4.69) is 16.9 Å². The molecule has 0 radical (unpaired) electrons. The monoisotopic (exact) mass is 269 g/mol. The Balaban J connectivity index is 2.29. The van der Waals surface area contributed by atoms with Gasteiger partial charge in [-0.2, -0.15) is 0 Å². The van der Waals surface area contributed by atoms with Gasteiger partial charge in [0.2, 0.25) is 0 Å². The molecule has 1 aromatic carbocycles. The summed E-state index contributed by atoms with van der Waals surface area (Å²) in [5.74, 6) is 0.319. The summed E-state index contributed by atoms with van der Waals surface area (Å²) >= 11 is 0. The molecule has 2 heterocycles. The summed E-state index contributed by atoms with van der Waals surface area (Å²) in [6.45, 7) is 2.82. The lowest BCUT2D eigenvalue weighted by atomic mass is 10.1. The van der Waals surface area contributed by atoms with Crippen LogP contribution >= 0.6 is 0 Å². The normalized spacial score (nSPS) is 11.1. The van der Waals surface area contributed by atoms with Crippen LogP contribution in [0.3, 0.4) is 0 Å². The van der Waals surface area contributed by atoms with Crippen LogP contribution in [0, 0.1) is 0 Å². The average Bonchev–Trinajstić information content (AvgIpc) is 2.81. The molecule has 0 fully saturated rings. The number of para-hydroxylation sites is 1. The van der Waals surface area contributed by atoms with E-state index in [0.717, 1.165) is 24.1 Å². The molecule has 5 nitrogen and oxygen atoms in total. The molecule has 5 heteroatoms. The molecule has 0 amide bonds. The van der Waals surface area contributed by atoms with Crippen molar-refractivity contribution >= 4 is 11.2 Å². The molecule has 0 bridgehead atoms. The van der Waals surface area contributed by atoms with E-state index in [4.69, 9.17) is 0 Å². The first-order valence-corrected chi connectivity index (χ1v) is 6.55. The first-order valence-electron chi connectivity index (χ1n) is 6.55. The maximum atomic E-state index is 10.0. The Bertz CT molecular complexity index is 765. The lowest BCUT2D eigenvalue weighted by molar-refractivity contribution is 0.404. The minimum atomic E-state index is -0.153. The molecule has 0 saturated carbocycles. The highest BCUT2D eigenvalue weighted by molar-refractivity contribution is 5.79. The number of phenols is 2. The zero-order chi connectivity index (χ0) is 14.1. The maximum absolute atomic E-state index is 10.0. The molecule has 0 spiro atoms. The third-order valence-electron chi connectivity index (χ3n) is 3.21. The number of imidazole rings is 1. The van der Waals surface area contributed by atoms with E-state index in [1.807, 2.05) is 16.7 Å². The second kappa shape index (κ2) is 4.85. The summed E-state index contributed by atoms with van der Waals surface area (Å²) in [5, 5.41) is 19.7. The number of fused-ring (bicyclic) bond motifs is 1. The van der Waals surface area contributed by atoms with Crippen LogP contribution in [0.5, 0.6) is 11.5 Å². The smallest absolute Gasteiger partial charge is 0.168 e. The van der Waals surface area contributed by atoms with Crippen molar-refractivity contribution < 1.29 is 10.2 Å². The van der Waals surface area contributed by atoms with E-state index < -0.39 is 0 Å². The zero-order valence-corrected chi connectivity index (χ0v) is 11.1. The number of benzene rings is 1. The largest absolute Gasteiger partial charge is 0.504 e. The van der Waals surface area contributed by atoms with Crippen LogP contribution in [0.1, 0.15) is 13.3 Å². The molecule has 0 unspecified atom stereocenters. The second-order valence-corrected chi connectivity index (χ2v) is 4.61. The minimum Gasteiger partial charge on any atom is -0.504 e. The highest BCUT2D eigenvalue weighted by Crippen LogP contribution is 2.36. The van der Waals surface area contributed by atoms with Gasteiger partial charge in [0.15, 0.2) is 17.1 Å². The van der Waals surface area contributed by atoms with E-state index in [-0.39, 0.29) is 11.5 Å². The summed E-state index contributed by atoms with van der Waals surface area (Å²) in [6, 6.07) is 8.59. The van der Waals surface area contributed by atoms with Crippen molar-refractivity contribution in [2.45, 2.75) is 19.9 Å². The van der Waals surface area contributed by atoms with E-state index >= 15 is 0 Å². The van der Waals surface area contributed by atoms with Gasteiger partial charge in [-0.15, -0.1) is 0 Å². The molecule has 3 rings (SSSR count). The van der Waals surface area contributed by atoms with Crippen molar-refractivity contribution in [3.63, 3.8) is 0 Å². The third-order valence-corrected chi connectivity index (χ3v) is 3.21. The summed E-state index contributed by atoms with van der Waals surface area (Å²) < 4.78 is 1.96. The fourth-order valence-electron chi connectivity index (χ4n) is 2.31. The van der Waals surface area contributed by atoms with Crippen LogP contribution in [0.15, 0.2) is 36.5 Å². The van der Waals surface area contributed by atoms with E-state index in [1.165, 1.54) is 6.07 Å². The van der Waals surface area contributed by atoms with Gasteiger partial charge in [0.05, 0.1) is 5.56 Å². The van der Waals surface area contributed by atoms with Crippen molar-refractivity contribution in [1.82, 2.24) is 14.5 Å². The zero-order valence-electron chi connectivity index (χ0n) is 11.1. The number of rotatable bonds is 3. The average molecular weight is 269 g/mol. The Morgan fingerprint density at radius 3 is 2.80 bits per heavy atom. The quantitative estimate of drug-likeness (QED) is 0.717. The number of hydrogen-bond acceptors (Lipinski definition) is 4. The predicted octanol–water partition coefficient (Wildman–Crippen LogP) is 2.92. The van der Waals surface area contributed by atoms with Gasteiger partial charge in [-0.3, -0.25) is 0 Å². The van der Waals surface area contributed by atoms with Crippen LogP contribution in [0.4, 0.5) is 0 Å². The number of nitrogens with zero attached hydrogens (tertiary/aromatic N) is 3. The van der Waals surface area contributed by atoms with Gasteiger partial charge >= 0.3 is 0 Å². The molecule has 0 aliphatic rings. The van der Waals surface area contributed by atoms with Gasteiger partial charge < -0.3 is 14.8 Å². The van der Waals surface area contributed by atoms with Crippen molar-refractivity contribution in [2.75, 3.05) is 0 Å². The number of pyridine rings is 1. The van der Waals surface area contributed by atoms with Crippen LogP contribution in [0.2, 0.25) is 0 Å². The van der Waals surface area contributed by atoms with Crippen molar-refractivity contribution in [1.29, 1.82) is 0 Å².